The van der Waals surface area contributed by atoms with Crippen molar-refractivity contribution >= 4 is 22.9 Å². The van der Waals surface area contributed by atoms with Gasteiger partial charge in [-0.1, -0.05) is 13.3 Å². The van der Waals surface area contributed by atoms with Crippen LogP contribution in [0.2, 0.25) is 0 Å². The van der Waals surface area contributed by atoms with E-state index in [-0.39, 0.29) is 5.91 Å². The number of anilines is 1. The molecule has 128 valence electrons. The van der Waals surface area contributed by atoms with Crippen molar-refractivity contribution < 1.29 is 4.79 Å². The molecule has 1 unspecified atom stereocenters. The Morgan fingerprint density at radius 3 is 2.83 bits per heavy atom. The van der Waals surface area contributed by atoms with Crippen LogP contribution < -0.4 is 4.90 Å². The van der Waals surface area contributed by atoms with Crippen LogP contribution in [0.5, 0.6) is 0 Å². The molecule has 2 saturated heterocycles. The standard InChI is InChI=1S/C17H24N6O/c1-2-5-13-8-14(24)22(9-13)12-23-11-20-15-16(18-10-19-17(15)23)21-6-3-4-7-21/h10-11,13H,2-9,12H2,1H3. The van der Waals surface area contributed by atoms with E-state index in [4.69, 9.17) is 0 Å². The van der Waals surface area contributed by atoms with Gasteiger partial charge in [0.2, 0.25) is 5.91 Å². The lowest BCUT2D eigenvalue weighted by molar-refractivity contribution is -0.129. The summed E-state index contributed by atoms with van der Waals surface area (Å²) in [5.74, 6) is 1.66. The lowest BCUT2D eigenvalue weighted by Gasteiger charge is -2.18. The van der Waals surface area contributed by atoms with Gasteiger partial charge in [0, 0.05) is 26.1 Å². The molecule has 1 amide bonds. The van der Waals surface area contributed by atoms with Crippen LogP contribution in [-0.4, -0.2) is 50.0 Å². The molecule has 7 heteroatoms. The predicted molar refractivity (Wildman–Crippen MR) is 91.5 cm³/mol. The second kappa shape index (κ2) is 6.37. The summed E-state index contributed by atoms with van der Waals surface area (Å²) in [7, 11) is 0. The fourth-order valence-corrected chi connectivity index (χ4v) is 3.91. The third kappa shape index (κ3) is 2.72. The number of aromatic nitrogens is 4. The van der Waals surface area contributed by atoms with Crippen molar-refractivity contribution in [2.45, 2.75) is 45.7 Å². The Balaban J connectivity index is 1.57. The van der Waals surface area contributed by atoms with Gasteiger partial charge in [-0.05, 0) is 25.2 Å². The Labute approximate surface area is 141 Å². The Bertz CT molecular complexity index is 736. The smallest absolute Gasteiger partial charge is 0.224 e. The number of rotatable bonds is 5. The fourth-order valence-electron chi connectivity index (χ4n) is 3.91. The number of hydrogen-bond donors (Lipinski definition) is 0. The van der Waals surface area contributed by atoms with E-state index in [2.05, 4.69) is 26.8 Å². The first-order chi connectivity index (χ1) is 11.8. The molecular formula is C17H24N6O. The van der Waals surface area contributed by atoms with Gasteiger partial charge in [-0.2, -0.15) is 0 Å². The average Bonchev–Trinajstić information content (AvgIpc) is 3.30. The molecule has 2 aliphatic heterocycles. The fraction of sp³-hybridized carbons (Fsp3) is 0.647. The second-order valence-corrected chi connectivity index (χ2v) is 6.89. The third-order valence-corrected chi connectivity index (χ3v) is 5.10. The van der Waals surface area contributed by atoms with Gasteiger partial charge in [-0.25, -0.2) is 15.0 Å². The second-order valence-electron chi connectivity index (χ2n) is 6.89. The summed E-state index contributed by atoms with van der Waals surface area (Å²) < 4.78 is 1.98. The maximum Gasteiger partial charge on any atom is 0.224 e. The number of imidazole rings is 1. The van der Waals surface area contributed by atoms with Crippen molar-refractivity contribution in [3.05, 3.63) is 12.7 Å². The summed E-state index contributed by atoms with van der Waals surface area (Å²) in [6.45, 7) is 5.61. The van der Waals surface area contributed by atoms with E-state index in [1.54, 1.807) is 12.7 Å². The monoisotopic (exact) mass is 328 g/mol. The maximum absolute atomic E-state index is 12.2. The molecule has 0 saturated carbocycles. The zero-order chi connectivity index (χ0) is 16.5. The van der Waals surface area contributed by atoms with Crippen molar-refractivity contribution in [3.63, 3.8) is 0 Å². The number of carbonyl (C=O) groups is 1. The van der Waals surface area contributed by atoms with Gasteiger partial charge in [-0.15, -0.1) is 0 Å². The van der Waals surface area contributed by atoms with Gasteiger partial charge in [0.15, 0.2) is 17.0 Å². The van der Waals surface area contributed by atoms with E-state index >= 15 is 0 Å². The number of nitrogens with zero attached hydrogens (tertiary/aromatic N) is 6. The summed E-state index contributed by atoms with van der Waals surface area (Å²) in [6.07, 6.45) is 8.73. The van der Waals surface area contributed by atoms with E-state index in [1.807, 2.05) is 9.47 Å². The molecule has 0 radical (unpaired) electrons. The lowest BCUT2D eigenvalue weighted by atomic mass is 10.0. The van der Waals surface area contributed by atoms with Crippen LogP contribution in [0.4, 0.5) is 5.82 Å². The summed E-state index contributed by atoms with van der Waals surface area (Å²) in [5.41, 5.74) is 1.66. The van der Waals surface area contributed by atoms with Crippen LogP contribution in [0.3, 0.4) is 0 Å². The van der Waals surface area contributed by atoms with Gasteiger partial charge < -0.3 is 9.80 Å². The van der Waals surface area contributed by atoms with Crippen LogP contribution >= 0.6 is 0 Å². The van der Waals surface area contributed by atoms with E-state index in [9.17, 15) is 4.79 Å². The Morgan fingerprint density at radius 1 is 1.21 bits per heavy atom. The molecule has 0 N–H and O–H groups in total. The molecule has 1 atom stereocenters. The average molecular weight is 328 g/mol. The molecule has 24 heavy (non-hydrogen) atoms. The maximum atomic E-state index is 12.2. The van der Waals surface area contributed by atoms with Crippen LogP contribution in [0, 0.1) is 5.92 Å². The zero-order valence-corrected chi connectivity index (χ0v) is 14.2. The van der Waals surface area contributed by atoms with Gasteiger partial charge in [0.05, 0.1) is 6.33 Å². The highest BCUT2D eigenvalue weighted by molar-refractivity contribution is 5.83. The molecule has 0 aromatic carbocycles. The molecule has 7 nitrogen and oxygen atoms in total. The molecule has 0 spiro atoms. The van der Waals surface area contributed by atoms with Crippen molar-refractivity contribution in [1.82, 2.24) is 24.4 Å². The first-order valence-electron chi connectivity index (χ1n) is 8.95. The normalized spacial score (nSPS) is 21.4. The minimum absolute atomic E-state index is 0.240. The predicted octanol–water partition coefficient (Wildman–Crippen LogP) is 2.03. The minimum Gasteiger partial charge on any atom is -0.355 e. The molecule has 2 fully saturated rings. The van der Waals surface area contributed by atoms with Crippen LogP contribution in [-0.2, 0) is 11.5 Å². The minimum atomic E-state index is 0.240. The highest BCUT2D eigenvalue weighted by Crippen LogP contribution is 2.26. The van der Waals surface area contributed by atoms with Gasteiger partial charge in [-0.3, -0.25) is 9.36 Å². The zero-order valence-electron chi connectivity index (χ0n) is 14.2. The summed E-state index contributed by atoms with van der Waals surface area (Å²) in [5, 5.41) is 0. The number of fused-ring (bicyclic) bond motifs is 1. The molecule has 2 aliphatic rings. The first-order valence-corrected chi connectivity index (χ1v) is 8.95. The molecule has 0 aliphatic carbocycles. The third-order valence-electron chi connectivity index (χ3n) is 5.10. The summed E-state index contributed by atoms with van der Waals surface area (Å²) in [4.78, 5) is 29.9. The van der Waals surface area contributed by atoms with E-state index in [1.165, 1.54) is 12.8 Å². The quantitative estimate of drug-likeness (QED) is 0.840. The Morgan fingerprint density at radius 2 is 2.04 bits per heavy atom. The van der Waals surface area contributed by atoms with Crippen LogP contribution in [0.1, 0.15) is 39.0 Å². The van der Waals surface area contributed by atoms with Crippen molar-refractivity contribution in [2.24, 2.45) is 5.92 Å². The largest absolute Gasteiger partial charge is 0.355 e. The SMILES string of the molecule is CCCC1CC(=O)N(Cn2cnc3c(N4CCCC4)ncnc32)C1. The molecule has 2 aromatic rings. The highest BCUT2D eigenvalue weighted by Gasteiger charge is 2.29. The number of amides is 1. The highest BCUT2D eigenvalue weighted by atomic mass is 16.2. The number of hydrogen-bond acceptors (Lipinski definition) is 5. The van der Waals surface area contributed by atoms with Gasteiger partial charge >= 0.3 is 0 Å². The van der Waals surface area contributed by atoms with E-state index < -0.39 is 0 Å². The molecular weight excluding hydrogens is 304 g/mol. The lowest BCUT2D eigenvalue weighted by Crippen LogP contribution is -2.27. The topological polar surface area (TPSA) is 67.2 Å². The van der Waals surface area contributed by atoms with Crippen molar-refractivity contribution in [3.8, 4) is 0 Å². The molecule has 0 bridgehead atoms. The molecule has 4 rings (SSSR count). The molecule has 4 heterocycles. The molecule has 2 aromatic heterocycles. The van der Waals surface area contributed by atoms with E-state index in [0.29, 0.717) is 19.0 Å². The summed E-state index contributed by atoms with van der Waals surface area (Å²) in [6, 6.07) is 0. The van der Waals surface area contributed by atoms with Crippen LogP contribution in [0.25, 0.3) is 11.2 Å². The summed E-state index contributed by atoms with van der Waals surface area (Å²) >= 11 is 0. The van der Waals surface area contributed by atoms with Gasteiger partial charge in [0.1, 0.15) is 13.0 Å². The first kappa shape index (κ1) is 15.4. The van der Waals surface area contributed by atoms with Crippen LogP contribution in [0.15, 0.2) is 12.7 Å². The Hall–Kier alpha value is -2.18. The van der Waals surface area contributed by atoms with Crippen molar-refractivity contribution in [1.29, 1.82) is 0 Å². The van der Waals surface area contributed by atoms with E-state index in [0.717, 1.165) is 49.5 Å². The number of likely N-dealkylation sites (tertiary alicyclic amines) is 1. The number of carbonyl (C=O) groups excluding carboxylic acids is 1. The van der Waals surface area contributed by atoms with Gasteiger partial charge in [0.25, 0.3) is 0 Å². The van der Waals surface area contributed by atoms with Crippen molar-refractivity contribution in [2.75, 3.05) is 24.5 Å². The Kier molecular flexibility index (Phi) is 4.08.